The highest BCUT2D eigenvalue weighted by atomic mass is 16.5. The number of nitrogens with zero attached hydrogens (tertiary/aromatic N) is 2. The molecular formula is C14H21N3O2. The maximum Gasteiger partial charge on any atom is 0.341 e. The standard InChI is InChI=1S/C14H21N3O2/c1-4-11-6-5-9(2)17(11)13-12(14(18)19-3)7-10(15)8-16-13/h7-9,11H,4-6,15H2,1-3H3. The molecule has 104 valence electrons. The maximum atomic E-state index is 11.9. The van der Waals surface area contributed by atoms with Crippen LogP contribution in [-0.4, -0.2) is 30.1 Å². The number of pyridine rings is 1. The third-order valence-electron chi connectivity index (χ3n) is 3.79. The average molecular weight is 263 g/mol. The number of hydrogen-bond acceptors (Lipinski definition) is 5. The zero-order chi connectivity index (χ0) is 14.0. The molecule has 1 aromatic heterocycles. The Hall–Kier alpha value is -1.78. The molecule has 5 heteroatoms. The SMILES string of the molecule is CCC1CCC(C)N1c1ncc(N)cc1C(=O)OC. The second-order valence-corrected chi connectivity index (χ2v) is 5.03. The van der Waals surface area contributed by atoms with E-state index in [0.717, 1.165) is 19.3 Å². The van der Waals surface area contributed by atoms with Gasteiger partial charge in [-0.3, -0.25) is 0 Å². The van der Waals surface area contributed by atoms with Crippen molar-refractivity contribution in [1.29, 1.82) is 0 Å². The highest BCUT2D eigenvalue weighted by Crippen LogP contribution is 2.33. The zero-order valence-corrected chi connectivity index (χ0v) is 11.7. The number of anilines is 2. The van der Waals surface area contributed by atoms with E-state index in [4.69, 9.17) is 10.5 Å². The Morgan fingerprint density at radius 3 is 2.95 bits per heavy atom. The van der Waals surface area contributed by atoms with E-state index in [0.29, 0.717) is 29.2 Å². The molecule has 0 saturated carbocycles. The summed E-state index contributed by atoms with van der Waals surface area (Å²) in [7, 11) is 1.38. The van der Waals surface area contributed by atoms with Crippen molar-refractivity contribution >= 4 is 17.5 Å². The van der Waals surface area contributed by atoms with Gasteiger partial charge < -0.3 is 15.4 Å². The summed E-state index contributed by atoms with van der Waals surface area (Å²) in [6.07, 6.45) is 4.88. The van der Waals surface area contributed by atoms with Crippen LogP contribution in [0.4, 0.5) is 11.5 Å². The van der Waals surface area contributed by atoms with E-state index in [2.05, 4.69) is 23.7 Å². The van der Waals surface area contributed by atoms with E-state index in [1.165, 1.54) is 7.11 Å². The van der Waals surface area contributed by atoms with Crippen LogP contribution in [-0.2, 0) is 4.74 Å². The van der Waals surface area contributed by atoms with Gasteiger partial charge in [-0.05, 0) is 32.3 Å². The molecule has 2 rings (SSSR count). The molecule has 2 heterocycles. The lowest BCUT2D eigenvalue weighted by Crippen LogP contribution is -2.36. The minimum Gasteiger partial charge on any atom is -0.465 e. The second kappa shape index (κ2) is 5.47. The summed E-state index contributed by atoms with van der Waals surface area (Å²) in [6, 6.07) is 2.45. The number of carbonyl (C=O) groups excluding carboxylic acids is 1. The fraction of sp³-hybridized carbons (Fsp3) is 0.571. The smallest absolute Gasteiger partial charge is 0.341 e. The lowest BCUT2D eigenvalue weighted by Gasteiger charge is -2.30. The molecule has 2 atom stereocenters. The quantitative estimate of drug-likeness (QED) is 0.847. The van der Waals surface area contributed by atoms with Crippen LogP contribution in [0.5, 0.6) is 0 Å². The number of nitrogens with two attached hydrogens (primary N) is 1. The Balaban J connectivity index is 2.46. The first-order valence-electron chi connectivity index (χ1n) is 6.70. The van der Waals surface area contributed by atoms with Crippen molar-refractivity contribution in [3.8, 4) is 0 Å². The average Bonchev–Trinajstić information content (AvgIpc) is 2.79. The first kappa shape index (κ1) is 13.6. The molecule has 1 fully saturated rings. The summed E-state index contributed by atoms with van der Waals surface area (Å²) in [6.45, 7) is 4.32. The van der Waals surface area contributed by atoms with Crippen LogP contribution in [0.15, 0.2) is 12.3 Å². The Kier molecular flexibility index (Phi) is 3.93. The molecule has 0 amide bonds. The molecule has 0 bridgehead atoms. The largest absolute Gasteiger partial charge is 0.465 e. The number of methoxy groups -OCH3 is 1. The molecule has 1 aliphatic rings. The van der Waals surface area contributed by atoms with Crippen molar-refractivity contribution in [2.24, 2.45) is 0 Å². The van der Waals surface area contributed by atoms with Crippen molar-refractivity contribution < 1.29 is 9.53 Å². The van der Waals surface area contributed by atoms with Crippen LogP contribution < -0.4 is 10.6 Å². The molecule has 2 N–H and O–H groups in total. The molecule has 1 aliphatic heterocycles. The zero-order valence-electron chi connectivity index (χ0n) is 11.7. The topological polar surface area (TPSA) is 68.5 Å². The molecule has 0 spiro atoms. The van der Waals surface area contributed by atoms with Crippen molar-refractivity contribution in [2.75, 3.05) is 17.7 Å². The summed E-state index contributed by atoms with van der Waals surface area (Å²) in [5.41, 5.74) is 6.66. The van der Waals surface area contributed by atoms with Gasteiger partial charge in [-0.15, -0.1) is 0 Å². The maximum absolute atomic E-state index is 11.9. The lowest BCUT2D eigenvalue weighted by atomic mass is 10.1. The first-order chi connectivity index (χ1) is 9.08. The monoisotopic (exact) mass is 263 g/mol. The van der Waals surface area contributed by atoms with Crippen molar-refractivity contribution in [2.45, 2.75) is 45.2 Å². The number of rotatable bonds is 3. The van der Waals surface area contributed by atoms with Crippen LogP contribution in [0.25, 0.3) is 0 Å². The minimum absolute atomic E-state index is 0.379. The summed E-state index contributed by atoms with van der Waals surface area (Å²) in [5, 5.41) is 0. The molecule has 1 saturated heterocycles. The van der Waals surface area contributed by atoms with Gasteiger partial charge >= 0.3 is 5.97 Å². The summed E-state index contributed by atoms with van der Waals surface area (Å²) in [5.74, 6) is 0.307. The predicted molar refractivity (Wildman–Crippen MR) is 75.2 cm³/mol. The fourth-order valence-corrected chi connectivity index (χ4v) is 2.79. The van der Waals surface area contributed by atoms with Gasteiger partial charge in [0.2, 0.25) is 0 Å². The number of aromatic nitrogens is 1. The van der Waals surface area contributed by atoms with E-state index >= 15 is 0 Å². The van der Waals surface area contributed by atoms with Gasteiger partial charge in [-0.1, -0.05) is 6.92 Å². The first-order valence-corrected chi connectivity index (χ1v) is 6.70. The van der Waals surface area contributed by atoms with Gasteiger partial charge in [0.15, 0.2) is 0 Å². The number of esters is 1. The van der Waals surface area contributed by atoms with Crippen LogP contribution >= 0.6 is 0 Å². The summed E-state index contributed by atoms with van der Waals surface area (Å²) >= 11 is 0. The molecule has 1 aromatic rings. The lowest BCUT2D eigenvalue weighted by molar-refractivity contribution is 0.0601. The van der Waals surface area contributed by atoms with E-state index in [-0.39, 0.29) is 5.97 Å². The van der Waals surface area contributed by atoms with E-state index in [9.17, 15) is 4.79 Å². The van der Waals surface area contributed by atoms with Crippen LogP contribution in [0.2, 0.25) is 0 Å². The van der Waals surface area contributed by atoms with Crippen LogP contribution in [0, 0.1) is 0 Å². The normalized spacial score (nSPS) is 22.6. The Bertz CT molecular complexity index is 476. The second-order valence-electron chi connectivity index (χ2n) is 5.03. The number of ether oxygens (including phenoxy) is 1. The third-order valence-corrected chi connectivity index (χ3v) is 3.79. The molecule has 2 unspecified atom stereocenters. The van der Waals surface area contributed by atoms with E-state index in [1.807, 2.05) is 0 Å². The van der Waals surface area contributed by atoms with Crippen molar-refractivity contribution in [3.63, 3.8) is 0 Å². The Labute approximate surface area is 113 Å². The van der Waals surface area contributed by atoms with E-state index in [1.54, 1.807) is 12.3 Å². The molecule has 5 nitrogen and oxygen atoms in total. The van der Waals surface area contributed by atoms with Crippen LogP contribution in [0.1, 0.15) is 43.5 Å². The number of carbonyl (C=O) groups is 1. The highest BCUT2D eigenvalue weighted by Gasteiger charge is 2.33. The molecule has 0 aliphatic carbocycles. The van der Waals surface area contributed by atoms with Gasteiger partial charge in [0, 0.05) is 12.1 Å². The summed E-state index contributed by atoms with van der Waals surface area (Å²) in [4.78, 5) is 18.5. The number of hydrogen-bond donors (Lipinski definition) is 1. The van der Waals surface area contributed by atoms with E-state index < -0.39 is 0 Å². The van der Waals surface area contributed by atoms with Crippen molar-refractivity contribution in [1.82, 2.24) is 4.98 Å². The van der Waals surface area contributed by atoms with Gasteiger partial charge in [0.1, 0.15) is 11.4 Å². The fourth-order valence-electron chi connectivity index (χ4n) is 2.79. The van der Waals surface area contributed by atoms with Crippen LogP contribution in [0.3, 0.4) is 0 Å². The predicted octanol–water partition coefficient (Wildman–Crippen LogP) is 2.22. The summed E-state index contributed by atoms with van der Waals surface area (Å²) < 4.78 is 4.83. The van der Waals surface area contributed by atoms with Gasteiger partial charge in [-0.25, -0.2) is 9.78 Å². The molecular weight excluding hydrogens is 242 g/mol. The molecule has 19 heavy (non-hydrogen) atoms. The van der Waals surface area contributed by atoms with Gasteiger partial charge in [0.25, 0.3) is 0 Å². The van der Waals surface area contributed by atoms with Gasteiger partial charge in [-0.2, -0.15) is 0 Å². The van der Waals surface area contributed by atoms with Gasteiger partial charge in [0.05, 0.1) is 19.0 Å². The Morgan fingerprint density at radius 2 is 2.32 bits per heavy atom. The third kappa shape index (κ3) is 2.50. The highest BCUT2D eigenvalue weighted by molar-refractivity contribution is 5.95. The Morgan fingerprint density at radius 1 is 1.58 bits per heavy atom. The minimum atomic E-state index is -0.385. The molecule has 0 aromatic carbocycles. The number of nitrogen functional groups attached to an aromatic ring is 1. The van der Waals surface area contributed by atoms with Crippen molar-refractivity contribution in [3.05, 3.63) is 17.8 Å². The molecule has 0 radical (unpaired) electrons.